The van der Waals surface area contributed by atoms with Gasteiger partial charge in [0.1, 0.15) is 12.4 Å². The standard InChI is InChI=1S/C21H26N2O2/c1-2-23-21(24)18-8-6-16(7-9-18)15-25-20-5-3-4-19(14-20)17-10-12-22-13-11-17/h3-9,14,17,22H,2,10-13,15H2,1H3,(H,23,24). The highest BCUT2D eigenvalue weighted by molar-refractivity contribution is 5.94. The predicted molar refractivity (Wildman–Crippen MR) is 100 cm³/mol. The van der Waals surface area contributed by atoms with Crippen LogP contribution in [0.25, 0.3) is 0 Å². The summed E-state index contributed by atoms with van der Waals surface area (Å²) in [5.41, 5.74) is 3.10. The molecule has 25 heavy (non-hydrogen) atoms. The fourth-order valence-electron chi connectivity index (χ4n) is 3.20. The number of ether oxygens (including phenoxy) is 1. The van der Waals surface area contributed by atoms with Crippen LogP contribution in [0.4, 0.5) is 0 Å². The lowest BCUT2D eigenvalue weighted by Crippen LogP contribution is -2.26. The summed E-state index contributed by atoms with van der Waals surface area (Å²) in [6, 6.07) is 16.0. The highest BCUT2D eigenvalue weighted by Crippen LogP contribution is 2.28. The van der Waals surface area contributed by atoms with Crippen molar-refractivity contribution >= 4 is 5.91 Å². The molecule has 1 fully saturated rings. The van der Waals surface area contributed by atoms with Gasteiger partial charge in [-0.15, -0.1) is 0 Å². The summed E-state index contributed by atoms with van der Waals surface area (Å²) in [5, 5.41) is 6.21. The lowest BCUT2D eigenvalue weighted by atomic mass is 9.90. The van der Waals surface area contributed by atoms with Gasteiger partial charge in [-0.05, 0) is 74.2 Å². The van der Waals surface area contributed by atoms with Gasteiger partial charge >= 0.3 is 0 Å². The molecule has 0 aromatic heterocycles. The Hall–Kier alpha value is -2.33. The smallest absolute Gasteiger partial charge is 0.251 e. The van der Waals surface area contributed by atoms with E-state index in [4.69, 9.17) is 4.74 Å². The van der Waals surface area contributed by atoms with Gasteiger partial charge in [0, 0.05) is 12.1 Å². The van der Waals surface area contributed by atoms with E-state index in [-0.39, 0.29) is 5.91 Å². The van der Waals surface area contributed by atoms with E-state index in [1.807, 2.05) is 37.3 Å². The van der Waals surface area contributed by atoms with Crippen molar-refractivity contribution in [1.29, 1.82) is 0 Å². The van der Waals surface area contributed by atoms with E-state index in [1.165, 1.54) is 18.4 Å². The molecule has 1 heterocycles. The van der Waals surface area contributed by atoms with Crippen molar-refractivity contribution in [2.24, 2.45) is 0 Å². The quantitative estimate of drug-likeness (QED) is 0.848. The number of rotatable bonds is 6. The Morgan fingerprint density at radius 2 is 1.92 bits per heavy atom. The van der Waals surface area contributed by atoms with Gasteiger partial charge in [0.2, 0.25) is 0 Å². The van der Waals surface area contributed by atoms with Crippen LogP contribution in [0.5, 0.6) is 5.75 Å². The molecule has 1 aliphatic rings. The largest absolute Gasteiger partial charge is 0.489 e. The Kier molecular flexibility index (Phi) is 6.07. The minimum atomic E-state index is -0.0374. The van der Waals surface area contributed by atoms with Crippen molar-refractivity contribution in [3.63, 3.8) is 0 Å². The lowest BCUT2D eigenvalue weighted by Gasteiger charge is -2.23. The number of hydrogen-bond donors (Lipinski definition) is 2. The molecular formula is C21H26N2O2. The number of hydrogen-bond acceptors (Lipinski definition) is 3. The average Bonchev–Trinajstić information content (AvgIpc) is 2.68. The fraction of sp³-hybridized carbons (Fsp3) is 0.381. The Morgan fingerprint density at radius 1 is 1.16 bits per heavy atom. The number of nitrogens with one attached hydrogen (secondary N) is 2. The van der Waals surface area contributed by atoms with Crippen LogP contribution >= 0.6 is 0 Å². The zero-order valence-electron chi connectivity index (χ0n) is 14.8. The molecule has 2 aromatic carbocycles. The minimum absolute atomic E-state index is 0.0374. The Bertz CT molecular complexity index is 691. The molecule has 1 amide bonds. The van der Waals surface area contributed by atoms with Gasteiger partial charge < -0.3 is 15.4 Å². The summed E-state index contributed by atoms with van der Waals surface area (Å²) in [4.78, 5) is 11.8. The van der Waals surface area contributed by atoms with Crippen LogP contribution in [0.3, 0.4) is 0 Å². The minimum Gasteiger partial charge on any atom is -0.489 e. The number of carbonyl (C=O) groups excluding carboxylic acids is 1. The molecule has 3 rings (SSSR count). The second-order valence-electron chi connectivity index (χ2n) is 6.44. The van der Waals surface area contributed by atoms with Gasteiger partial charge in [-0.25, -0.2) is 0 Å². The van der Waals surface area contributed by atoms with E-state index < -0.39 is 0 Å². The molecule has 0 aliphatic carbocycles. The molecule has 2 N–H and O–H groups in total. The van der Waals surface area contributed by atoms with Crippen LogP contribution in [0, 0.1) is 0 Å². The highest BCUT2D eigenvalue weighted by atomic mass is 16.5. The maximum absolute atomic E-state index is 11.8. The van der Waals surface area contributed by atoms with Crippen LogP contribution in [0.2, 0.25) is 0 Å². The molecule has 0 atom stereocenters. The molecule has 4 heteroatoms. The Labute approximate surface area is 149 Å². The summed E-state index contributed by atoms with van der Waals surface area (Å²) >= 11 is 0. The first-order chi connectivity index (χ1) is 12.3. The zero-order valence-corrected chi connectivity index (χ0v) is 14.8. The Balaban J connectivity index is 1.58. The molecule has 1 saturated heterocycles. The normalized spacial score (nSPS) is 14.9. The summed E-state index contributed by atoms with van der Waals surface area (Å²) in [6.45, 7) is 5.24. The molecule has 0 radical (unpaired) electrons. The lowest BCUT2D eigenvalue weighted by molar-refractivity contribution is 0.0956. The highest BCUT2D eigenvalue weighted by Gasteiger charge is 2.15. The first-order valence-electron chi connectivity index (χ1n) is 9.07. The average molecular weight is 338 g/mol. The number of benzene rings is 2. The maximum atomic E-state index is 11.8. The second kappa shape index (κ2) is 8.67. The first-order valence-corrected chi connectivity index (χ1v) is 9.07. The molecule has 2 aromatic rings. The molecule has 0 saturated carbocycles. The van der Waals surface area contributed by atoms with Crippen LogP contribution in [0.1, 0.15) is 47.2 Å². The van der Waals surface area contributed by atoms with Gasteiger partial charge in [0.25, 0.3) is 5.91 Å². The number of piperidine rings is 1. The fourth-order valence-corrected chi connectivity index (χ4v) is 3.20. The summed E-state index contributed by atoms with van der Waals surface area (Å²) in [7, 11) is 0. The number of amides is 1. The molecule has 0 bridgehead atoms. The van der Waals surface area contributed by atoms with Crippen LogP contribution in [-0.2, 0) is 6.61 Å². The molecule has 0 unspecified atom stereocenters. The number of carbonyl (C=O) groups is 1. The van der Waals surface area contributed by atoms with Crippen molar-refractivity contribution in [3.05, 3.63) is 65.2 Å². The zero-order chi connectivity index (χ0) is 17.5. The monoisotopic (exact) mass is 338 g/mol. The van der Waals surface area contributed by atoms with Gasteiger partial charge in [-0.1, -0.05) is 24.3 Å². The van der Waals surface area contributed by atoms with Crippen LogP contribution < -0.4 is 15.4 Å². The van der Waals surface area contributed by atoms with Crippen molar-refractivity contribution in [2.75, 3.05) is 19.6 Å². The van der Waals surface area contributed by atoms with Crippen molar-refractivity contribution in [2.45, 2.75) is 32.3 Å². The van der Waals surface area contributed by atoms with Crippen LogP contribution in [0.15, 0.2) is 48.5 Å². The topological polar surface area (TPSA) is 50.4 Å². The van der Waals surface area contributed by atoms with Gasteiger partial charge in [-0.2, -0.15) is 0 Å². The van der Waals surface area contributed by atoms with E-state index in [0.717, 1.165) is 24.4 Å². The van der Waals surface area contributed by atoms with Gasteiger partial charge in [0.15, 0.2) is 0 Å². The maximum Gasteiger partial charge on any atom is 0.251 e. The van der Waals surface area contributed by atoms with E-state index in [0.29, 0.717) is 24.6 Å². The van der Waals surface area contributed by atoms with E-state index in [2.05, 4.69) is 28.8 Å². The third-order valence-corrected chi connectivity index (χ3v) is 4.63. The molecule has 1 aliphatic heterocycles. The molecule has 4 nitrogen and oxygen atoms in total. The summed E-state index contributed by atoms with van der Waals surface area (Å²) in [6.07, 6.45) is 2.37. The molecule has 0 spiro atoms. The Morgan fingerprint density at radius 3 is 2.64 bits per heavy atom. The van der Waals surface area contributed by atoms with Gasteiger partial charge in [-0.3, -0.25) is 4.79 Å². The van der Waals surface area contributed by atoms with Crippen molar-refractivity contribution in [1.82, 2.24) is 10.6 Å². The SMILES string of the molecule is CCNC(=O)c1ccc(COc2cccc(C3CCNCC3)c2)cc1. The molecule has 132 valence electrons. The summed E-state index contributed by atoms with van der Waals surface area (Å²) < 4.78 is 5.96. The van der Waals surface area contributed by atoms with Crippen LogP contribution in [-0.4, -0.2) is 25.5 Å². The second-order valence-corrected chi connectivity index (χ2v) is 6.44. The predicted octanol–water partition coefficient (Wildman–Crippen LogP) is 3.48. The van der Waals surface area contributed by atoms with Gasteiger partial charge in [0.05, 0.1) is 0 Å². The first kappa shape index (κ1) is 17.5. The van der Waals surface area contributed by atoms with Crippen molar-refractivity contribution in [3.8, 4) is 5.75 Å². The van der Waals surface area contributed by atoms with E-state index >= 15 is 0 Å². The third-order valence-electron chi connectivity index (χ3n) is 4.63. The molecular weight excluding hydrogens is 312 g/mol. The van der Waals surface area contributed by atoms with E-state index in [1.54, 1.807) is 0 Å². The summed E-state index contributed by atoms with van der Waals surface area (Å²) in [5.74, 6) is 1.50. The van der Waals surface area contributed by atoms with E-state index in [9.17, 15) is 4.79 Å². The third kappa shape index (κ3) is 4.83. The van der Waals surface area contributed by atoms with Crippen molar-refractivity contribution < 1.29 is 9.53 Å².